The van der Waals surface area contributed by atoms with Gasteiger partial charge in [-0.1, -0.05) is 26.2 Å². The van der Waals surface area contributed by atoms with Crippen molar-refractivity contribution in [2.75, 3.05) is 12.3 Å². The van der Waals surface area contributed by atoms with Gasteiger partial charge in [-0.15, -0.1) is 0 Å². The molecule has 1 unspecified atom stereocenters. The van der Waals surface area contributed by atoms with Gasteiger partial charge >= 0.3 is 0 Å². The molecule has 0 aromatic carbocycles. The summed E-state index contributed by atoms with van der Waals surface area (Å²) in [5.74, 6) is 0.658. The molecule has 102 valence electrons. The van der Waals surface area contributed by atoms with Crippen molar-refractivity contribution in [2.24, 2.45) is 11.7 Å². The number of hydrogen-bond acceptors (Lipinski definition) is 3. The maximum Gasteiger partial charge on any atom is 0.212 e. The highest BCUT2D eigenvalue weighted by Gasteiger charge is 2.23. The number of nitrogens with one attached hydrogen (secondary N) is 1. The third-order valence-electron chi connectivity index (χ3n) is 3.53. The highest BCUT2D eigenvalue weighted by atomic mass is 32.2. The Morgan fingerprint density at radius 3 is 2.47 bits per heavy atom. The molecule has 1 fully saturated rings. The molecule has 4 nitrogen and oxygen atoms in total. The summed E-state index contributed by atoms with van der Waals surface area (Å²) in [5, 5.41) is 0. The molecule has 5 heteroatoms. The van der Waals surface area contributed by atoms with Gasteiger partial charge in [0.15, 0.2) is 0 Å². The molecule has 0 aromatic heterocycles. The first-order chi connectivity index (χ1) is 8.07. The van der Waals surface area contributed by atoms with Crippen molar-refractivity contribution in [3.05, 3.63) is 0 Å². The molecule has 0 spiro atoms. The summed E-state index contributed by atoms with van der Waals surface area (Å²) in [7, 11) is -3.12. The van der Waals surface area contributed by atoms with E-state index in [9.17, 15) is 8.42 Å². The average Bonchev–Trinajstić information content (AvgIpc) is 2.29. The quantitative estimate of drug-likeness (QED) is 0.732. The summed E-state index contributed by atoms with van der Waals surface area (Å²) in [4.78, 5) is 0. The predicted octanol–water partition coefficient (Wildman–Crippen LogP) is 1.61. The molecule has 1 atom stereocenters. The number of hydrogen-bond donors (Lipinski definition) is 2. The van der Waals surface area contributed by atoms with Crippen LogP contribution in [-0.4, -0.2) is 26.8 Å². The van der Waals surface area contributed by atoms with Gasteiger partial charge in [-0.2, -0.15) is 0 Å². The molecule has 1 aliphatic rings. The van der Waals surface area contributed by atoms with Crippen molar-refractivity contribution in [3.8, 4) is 0 Å². The monoisotopic (exact) mass is 262 g/mol. The minimum atomic E-state index is -3.12. The van der Waals surface area contributed by atoms with Crippen LogP contribution in [0.15, 0.2) is 0 Å². The van der Waals surface area contributed by atoms with Crippen molar-refractivity contribution in [1.29, 1.82) is 0 Å². The van der Waals surface area contributed by atoms with Gasteiger partial charge in [0.2, 0.25) is 10.0 Å². The Bertz CT molecular complexity index is 285. The van der Waals surface area contributed by atoms with Gasteiger partial charge in [0, 0.05) is 6.04 Å². The zero-order valence-electron chi connectivity index (χ0n) is 10.8. The van der Waals surface area contributed by atoms with Crippen molar-refractivity contribution >= 4 is 10.0 Å². The molecule has 0 aromatic rings. The molecular formula is C12H26N2O2S. The van der Waals surface area contributed by atoms with E-state index in [2.05, 4.69) is 4.72 Å². The van der Waals surface area contributed by atoms with E-state index in [0.717, 1.165) is 25.7 Å². The van der Waals surface area contributed by atoms with Crippen molar-refractivity contribution in [2.45, 2.75) is 57.9 Å². The maximum absolute atomic E-state index is 12.0. The first kappa shape index (κ1) is 14.9. The molecule has 1 rings (SSSR count). The smallest absolute Gasteiger partial charge is 0.212 e. The molecular weight excluding hydrogens is 236 g/mol. The highest BCUT2D eigenvalue weighted by Crippen LogP contribution is 2.24. The number of sulfonamides is 1. The summed E-state index contributed by atoms with van der Waals surface area (Å²) in [6.07, 6.45) is 7.28. The summed E-state index contributed by atoms with van der Waals surface area (Å²) in [6, 6.07) is 0.00795. The van der Waals surface area contributed by atoms with Crippen LogP contribution in [0.3, 0.4) is 0 Å². The van der Waals surface area contributed by atoms with E-state index in [0.29, 0.717) is 18.2 Å². The van der Waals surface area contributed by atoms with E-state index in [1.54, 1.807) is 0 Å². The Hall–Kier alpha value is -0.130. The van der Waals surface area contributed by atoms with Gasteiger partial charge in [-0.05, 0) is 38.1 Å². The van der Waals surface area contributed by atoms with Crippen LogP contribution >= 0.6 is 0 Å². The second kappa shape index (κ2) is 7.34. The summed E-state index contributed by atoms with van der Waals surface area (Å²) in [6.45, 7) is 2.52. The van der Waals surface area contributed by atoms with E-state index in [4.69, 9.17) is 5.73 Å². The lowest BCUT2D eigenvalue weighted by atomic mass is 9.91. The Labute approximate surface area is 105 Å². The van der Waals surface area contributed by atoms with Crippen LogP contribution in [0.5, 0.6) is 0 Å². The van der Waals surface area contributed by atoms with Gasteiger partial charge in [0.05, 0.1) is 5.75 Å². The fraction of sp³-hybridized carbons (Fsp3) is 1.00. The van der Waals surface area contributed by atoms with Gasteiger partial charge < -0.3 is 5.73 Å². The van der Waals surface area contributed by atoms with Gasteiger partial charge in [-0.25, -0.2) is 13.1 Å². The molecule has 17 heavy (non-hydrogen) atoms. The highest BCUT2D eigenvalue weighted by molar-refractivity contribution is 7.89. The fourth-order valence-electron chi connectivity index (χ4n) is 2.51. The van der Waals surface area contributed by atoms with Crippen molar-refractivity contribution < 1.29 is 8.42 Å². The molecule has 0 bridgehead atoms. The number of nitrogens with two attached hydrogens (primary N) is 1. The number of rotatable bonds is 7. The van der Waals surface area contributed by atoms with Crippen LogP contribution in [-0.2, 0) is 10.0 Å². The second-order valence-corrected chi connectivity index (χ2v) is 6.88. The van der Waals surface area contributed by atoms with Crippen LogP contribution < -0.4 is 10.5 Å². The Kier molecular flexibility index (Phi) is 6.44. The van der Waals surface area contributed by atoms with Crippen molar-refractivity contribution in [1.82, 2.24) is 4.72 Å². The Balaban J connectivity index is 2.43. The Morgan fingerprint density at radius 2 is 1.94 bits per heavy atom. The molecule has 3 N–H and O–H groups in total. The van der Waals surface area contributed by atoms with E-state index < -0.39 is 10.0 Å². The van der Waals surface area contributed by atoms with Crippen LogP contribution in [0.1, 0.15) is 51.9 Å². The molecule has 1 aliphatic carbocycles. The molecule has 1 saturated carbocycles. The standard InChI is InChI=1S/C12H26N2O2S/c1-2-12(8-9-13)14-17(15,16)10-11-6-4-3-5-7-11/h11-12,14H,2-10,13H2,1H3. The SMILES string of the molecule is CCC(CCN)NS(=O)(=O)CC1CCCCC1. The summed E-state index contributed by atoms with van der Waals surface area (Å²) in [5.41, 5.74) is 5.47. The molecule has 0 radical (unpaired) electrons. The van der Waals surface area contributed by atoms with E-state index in [-0.39, 0.29) is 6.04 Å². The van der Waals surface area contributed by atoms with E-state index >= 15 is 0 Å². The van der Waals surface area contributed by atoms with Gasteiger partial charge in [-0.3, -0.25) is 0 Å². The van der Waals surface area contributed by atoms with E-state index in [1.165, 1.54) is 19.3 Å². The maximum atomic E-state index is 12.0. The predicted molar refractivity (Wildman–Crippen MR) is 71.2 cm³/mol. The molecule has 0 aliphatic heterocycles. The van der Waals surface area contributed by atoms with Crippen molar-refractivity contribution in [3.63, 3.8) is 0 Å². The normalized spacial score (nSPS) is 20.4. The zero-order chi connectivity index (χ0) is 12.7. The van der Waals surface area contributed by atoms with E-state index in [1.807, 2.05) is 6.92 Å². The van der Waals surface area contributed by atoms with Crippen LogP contribution in [0.25, 0.3) is 0 Å². The fourth-order valence-corrected chi connectivity index (χ4v) is 4.36. The topological polar surface area (TPSA) is 72.2 Å². The summed E-state index contributed by atoms with van der Waals surface area (Å²) < 4.78 is 26.8. The molecule has 0 saturated heterocycles. The van der Waals surface area contributed by atoms with Crippen LogP contribution in [0, 0.1) is 5.92 Å². The van der Waals surface area contributed by atoms with Gasteiger partial charge in [0.25, 0.3) is 0 Å². The Morgan fingerprint density at radius 1 is 1.29 bits per heavy atom. The molecule has 0 heterocycles. The lowest BCUT2D eigenvalue weighted by Gasteiger charge is -2.23. The second-order valence-electron chi connectivity index (χ2n) is 5.09. The minimum absolute atomic E-state index is 0.00795. The lowest BCUT2D eigenvalue weighted by Crippen LogP contribution is -2.39. The minimum Gasteiger partial charge on any atom is -0.330 e. The first-order valence-corrected chi connectivity index (χ1v) is 8.42. The van der Waals surface area contributed by atoms with Gasteiger partial charge in [0.1, 0.15) is 0 Å². The lowest BCUT2D eigenvalue weighted by molar-refractivity contribution is 0.382. The largest absolute Gasteiger partial charge is 0.330 e. The van der Waals surface area contributed by atoms with Crippen LogP contribution in [0.4, 0.5) is 0 Å². The average molecular weight is 262 g/mol. The third-order valence-corrected chi connectivity index (χ3v) is 5.14. The third kappa shape index (κ3) is 5.84. The molecule has 0 amide bonds. The zero-order valence-corrected chi connectivity index (χ0v) is 11.6. The summed E-state index contributed by atoms with van der Waals surface area (Å²) >= 11 is 0. The first-order valence-electron chi connectivity index (χ1n) is 6.77. The van der Waals surface area contributed by atoms with Crippen LogP contribution in [0.2, 0.25) is 0 Å².